The minimum atomic E-state index is 0.625. The average molecular weight is 225 g/mol. The number of hydrogen-bond donors (Lipinski definition) is 1. The van der Waals surface area contributed by atoms with Gasteiger partial charge in [-0.1, -0.05) is 0 Å². The van der Waals surface area contributed by atoms with Gasteiger partial charge in [-0.15, -0.1) is 11.3 Å². The lowest BCUT2D eigenvalue weighted by Gasteiger charge is -1.84. The largest absolute Gasteiger partial charge is 0.388 e. The summed E-state index contributed by atoms with van der Waals surface area (Å²) in [6.07, 6.45) is 5.59. The average Bonchev–Trinajstić information content (AvgIpc) is 2.90. The number of methoxy groups -OCH3 is 1. The van der Waals surface area contributed by atoms with Crippen LogP contribution in [0, 0.1) is 0 Å². The van der Waals surface area contributed by atoms with Gasteiger partial charge in [0.15, 0.2) is 6.29 Å². The van der Waals surface area contributed by atoms with Crippen LogP contribution in [0.2, 0.25) is 0 Å². The second-order valence-electron chi connectivity index (χ2n) is 2.56. The Labute approximate surface area is 91.2 Å². The number of carbonyl (C=O) groups excluding carboxylic acids is 1. The van der Waals surface area contributed by atoms with E-state index in [0.29, 0.717) is 4.88 Å². The number of nitrogens with one attached hydrogen (secondary N) is 1. The summed E-state index contributed by atoms with van der Waals surface area (Å²) in [5.74, 6) is 0. The Morgan fingerprint density at radius 1 is 1.47 bits per heavy atom. The molecule has 0 fully saturated rings. The fourth-order valence-corrected chi connectivity index (χ4v) is 1.54. The molecule has 0 amide bonds. The molecular formula is C9H11N3O2S. The minimum Gasteiger partial charge on any atom is -0.388 e. The standard InChI is InChI=1S/C7H5N3OS.C2H6O/c11-3-5-1-9-7(12-5)6-2-8-4-10-6;1-3-2/h1-4H,(H,8,10);1-2H3. The Morgan fingerprint density at radius 3 is 2.67 bits per heavy atom. The molecule has 0 saturated carbocycles. The van der Waals surface area contributed by atoms with Gasteiger partial charge in [0.05, 0.1) is 23.1 Å². The lowest BCUT2D eigenvalue weighted by atomic mass is 10.5. The molecule has 0 bridgehead atoms. The van der Waals surface area contributed by atoms with E-state index in [9.17, 15) is 4.79 Å². The van der Waals surface area contributed by atoms with Gasteiger partial charge in [0.25, 0.3) is 0 Å². The number of aldehydes is 1. The molecule has 15 heavy (non-hydrogen) atoms. The fraction of sp³-hybridized carbons (Fsp3) is 0.222. The van der Waals surface area contributed by atoms with E-state index < -0.39 is 0 Å². The van der Waals surface area contributed by atoms with Gasteiger partial charge in [-0.3, -0.25) is 4.79 Å². The molecule has 0 aliphatic rings. The molecule has 2 aromatic rings. The Morgan fingerprint density at radius 2 is 2.20 bits per heavy atom. The van der Waals surface area contributed by atoms with Crippen molar-refractivity contribution in [3.05, 3.63) is 23.6 Å². The first kappa shape index (κ1) is 11.5. The van der Waals surface area contributed by atoms with Crippen molar-refractivity contribution in [1.29, 1.82) is 0 Å². The van der Waals surface area contributed by atoms with E-state index >= 15 is 0 Å². The van der Waals surface area contributed by atoms with Crippen molar-refractivity contribution >= 4 is 17.6 Å². The molecule has 0 spiro atoms. The number of thiazole rings is 1. The zero-order valence-electron chi connectivity index (χ0n) is 8.43. The molecule has 1 N–H and O–H groups in total. The molecule has 80 valence electrons. The molecule has 0 aliphatic heterocycles. The second kappa shape index (κ2) is 6.05. The third-order valence-corrected chi connectivity index (χ3v) is 2.32. The predicted octanol–water partition coefficient (Wildman–Crippen LogP) is 1.61. The molecule has 0 saturated heterocycles. The van der Waals surface area contributed by atoms with Crippen molar-refractivity contribution in [2.24, 2.45) is 0 Å². The minimum absolute atomic E-state index is 0.625. The summed E-state index contributed by atoms with van der Waals surface area (Å²) in [5, 5.41) is 0.787. The van der Waals surface area contributed by atoms with E-state index in [0.717, 1.165) is 17.0 Å². The van der Waals surface area contributed by atoms with Crippen LogP contribution in [0.5, 0.6) is 0 Å². The number of aromatic nitrogens is 3. The number of nitrogens with zero attached hydrogens (tertiary/aromatic N) is 2. The van der Waals surface area contributed by atoms with Crippen LogP contribution in [0.1, 0.15) is 9.67 Å². The van der Waals surface area contributed by atoms with E-state index in [2.05, 4.69) is 19.7 Å². The molecular weight excluding hydrogens is 214 g/mol. The van der Waals surface area contributed by atoms with Crippen molar-refractivity contribution in [1.82, 2.24) is 15.0 Å². The number of ether oxygens (including phenoxy) is 1. The van der Waals surface area contributed by atoms with Crippen LogP contribution >= 0.6 is 11.3 Å². The number of H-pyrrole nitrogens is 1. The van der Waals surface area contributed by atoms with Crippen molar-refractivity contribution < 1.29 is 9.53 Å². The first-order valence-corrected chi connectivity index (χ1v) is 4.93. The smallest absolute Gasteiger partial charge is 0.161 e. The van der Waals surface area contributed by atoms with Crippen LogP contribution in [-0.2, 0) is 4.74 Å². The zero-order chi connectivity index (χ0) is 11.1. The van der Waals surface area contributed by atoms with E-state index in [1.165, 1.54) is 11.3 Å². The quantitative estimate of drug-likeness (QED) is 0.788. The molecule has 0 atom stereocenters. The van der Waals surface area contributed by atoms with Crippen molar-refractivity contribution in [2.75, 3.05) is 14.2 Å². The Kier molecular flexibility index (Phi) is 4.65. The molecule has 2 aromatic heterocycles. The van der Waals surface area contributed by atoms with Crippen LogP contribution < -0.4 is 0 Å². The zero-order valence-corrected chi connectivity index (χ0v) is 9.25. The number of rotatable bonds is 2. The first-order valence-electron chi connectivity index (χ1n) is 4.11. The monoisotopic (exact) mass is 225 g/mol. The van der Waals surface area contributed by atoms with Crippen molar-refractivity contribution in [3.63, 3.8) is 0 Å². The van der Waals surface area contributed by atoms with Gasteiger partial charge in [-0.25, -0.2) is 9.97 Å². The van der Waals surface area contributed by atoms with Gasteiger partial charge in [0.1, 0.15) is 5.01 Å². The highest BCUT2D eigenvalue weighted by atomic mass is 32.1. The van der Waals surface area contributed by atoms with E-state index in [-0.39, 0.29) is 0 Å². The highest BCUT2D eigenvalue weighted by Gasteiger charge is 2.03. The summed E-state index contributed by atoms with van der Waals surface area (Å²) < 4.78 is 4.25. The Bertz CT molecular complexity index is 397. The fourth-order valence-electron chi connectivity index (χ4n) is 0.838. The van der Waals surface area contributed by atoms with Crippen molar-refractivity contribution in [3.8, 4) is 10.7 Å². The van der Waals surface area contributed by atoms with E-state index in [4.69, 9.17) is 0 Å². The van der Waals surface area contributed by atoms with Gasteiger partial charge < -0.3 is 9.72 Å². The number of aromatic amines is 1. The molecule has 0 radical (unpaired) electrons. The topological polar surface area (TPSA) is 67.9 Å². The summed E-state index contributed by atoms with van der Waals surface area (Å²) in [7, 11) is 3.25. The molecule has 6 heteroatoms. The third-order valence-electron chi connectivity index (χ3n) is 1.37. The molecule has 5 nitrogen and oxygen atoms in total. The Balaban J connectivity index is 0.000000337. The van der Waals surface area contributed by atoms with Crippen LogP contribution in [0.25, 0.3) is 10.7 Å². The first-order chi connectivity index (χ1) is 7.31. The number of hydrogen-bond acceptors (Lipinski definition) is 5. The summed E-state index contributed by atoms with van der Waals surface area (Å²) >= 11 is 1.34. The van der Waals surface area contributed by atoms with Gasteiger partial charge in [-0.05, 0) is 0 Å². The van der Waals surface area contributed by atoms with Crippen molar-refractivity contribution in [2.45, 2.75) is 0 Å². The SMILES string of the molecule is COC.O=Cc1cnc(-c2cnc[nH]2)s1. The summed E-state index contributed by atoms with van der Waals surface area (Å²) in [6.45, 7) is 0. The van der Waals surface area contributed by atoms with Gasteiger partial charge in [0.2, 0.25) is 0 Å². The van der Waals surface area contributed by atoms with E-state index in [1.807, 2.05) is 0 Å². The maximum atomic E-state index is 10.3. The predicted molar refractivity (Wildman–Crippen MR) is 58.0 cm³/mol. The summed E-state index contributed by atoms with van der Waals surface area (Å²) in [4.78, 5) is 21.8. The molecule has 0 aliphatic carbocycles. The Hall–Kier alpha value is -1.53. The number of carbonyl (C=O) groups is 1. The summed E-state index contributed by atoms with van der Waals surface area (Å²) in [5.41, 5.74) is 0.841. The third kappa shape index (κ3) is 3.26. The molecule has 0 aromatic carbocycles. The molecule has 2 heterocycles. The maximum Gasteiger partial charge on any atom is 0.161 e. The maximum absolute atomic E-state index is 10.3. The van der Waals surface area contributed by atoms with Gasteiger partial charge >= 0.3 is 0 Å². The van der Waals surface area contributed by atoms with E-state index in [1.54, 1.807) is 32.9 Å². The van der Waals surface area contributed by atoms with Crippen LogP contribution in [0.4, 0.5) is 0 Å². The van der Waals surface area contributed by atoms with Gasteiger partial charge in [-0.2, -0.15) is 0 Å². The molecule has 2 rings (SSSR count). The van der Waals surface area contributed by atoms with Crippen LogP contribution in [-0.4, -0.2) is 35.5 Å². The highest BCUT2D eigenvalue weighted by Crippen LogP contribution is 2.21. The number of imidazole rings is 1. The van der Waals surface area contributed by atoms with Gasteiger partial charge in [0, 0.05) is 20.4 Å². The lowest BCUT2D eigenvalue weighted by Crippen LogP contribution is -1.71. The normalized spacial score (nSPS) is 9.20. The van der Waals surface area contributed by atoms with Crippen LogP contribution in [0.3, 0.4) is 0 Å². The summed E-state index contributed by atoms with van der Waals surface area (Å²) in [6, 6.07) is 0. The highest BCUT2D eigenvalue weighted by molar-refractivity contribution is 7.16. The van der Waals surface area contributed by atoms with Crippen LogP contribution in [0.15, 0.2) is 18.7 Å². The lowest BCUT2D eigenvalue weighted by molar-refractivity contribution is 0.112. The molecule has 0 unspecified atom stereocenters. The second-order valence-corrected chi connectivity index (χ2v) is 3.62.